The molecule has 1 saturated heterocycles. The molecule has 2 atom stereocenters. The fourth-order valence-corrected chi connectivity index (χ4v) is 4.01. The molecule has 10 heteroatoms. The predicted molar refractivity (Wildman–Crippen MR) is 122 cm³/mol. The number of benzene rings is 2. The van der Waals surface area contributed by atoms with Crippen LogP contribution < -0.4 is 21.3 Å². The second-order valence-electron chi connectivity index (χ2n) is 7.76. The van der Waals surface area contributed by atoms with Gasteiger partial charge in [-0.25, -0.2) is 0 Å². The van der Waals surface area contributed by atoms with Crippen LogP contribution in [-0.4, -0.2) is 49.8 Å². The molecule has 2 aromatic carbocycles. The van der Waals surface area contributed by atoms with E-state index < -0.39 is 23.6 Å². The van der Waals surface area contributed by atoms with Gasteiger partial charge in [0.1, 0.15) is 0 Å². The van der Waals surface area contributed by atoms with E-state index >= 15 is 0 Å². The molecule has 3 rings (SSSR count). The number of nitrogens with one attached hydrogen (secondary N) is 4. The average molecular weight is 481 g/mol. The van der Waals surface area contributed by atoms with Gasteiger partial charge in [-0.15, -0.1) is 11.8 Å². The van der Waals surface area contributed by atoms with Crippen LogP contribution in [0.5, 0.6) is 0 Å². The van der Waals surface area contributed by atoms with Crippen molar-refractivity contribution in [3.05, 3.63) is 65.2 Å². The summed E-state index contributed by atoms with van der Waals surface area (Å²) < 4.78 is 38.5. The zero-order valence-electron chi connectivity index (χ0n) is 18.2. The Morgan fingerprint density at radius 2 is 1.88 bits per heavy atom. The number of thioether (sulfide) groups is 1. The van der Waals surface area contributed by atoms with E-state index in [1.165, 1.54) is 11.0 Å². The first-order valence-electron chi connectivity index (χ1n) is 10.6. The van der Waals surface area contributed by atoms with E-state index in [2.05, 4.69) is 45.5 Å². The van der Waals surface area contributed by atoms with E-state index in [1.807, 2.05) is 6.26 Å². The Hall–Kier alpha value is -2.56. The smallest absolute Gasteiger partial charge is 0.349 e. The predicted octanol–water partition coefficient (Wildman–Crippen LogP) is 2.79. The third-order valence-electron chi connectivity index (χ3n) is 5.42. The fourth-order valence-electron chi connectivity index (χ4n) is 3.60. The summed E-state index contributed by atoms with van der Waals surface area (Å²) in [6.45, 7) is 1.74. The summed E-state index contributed by atoms with van der Waals surface area (Å²) in [4.78, 5) is 25.8. The van der Waals surface area contributed by atoms with Crippen LogP contribution in [0.3, 0.4) is 0 Å². The van der Waals surface area contributed by atoms with Gasteiger partial charge in [-0.3, -0.25) is 9.59 Å². The number of alkyl halides is 3. The highest BCUT2D eigenvalue weighted by Gasteiger charge is 2.31. The first kappa shape index (κ1) is 25.1. The van der Waals surface area contributed by atoms with E-state index in [4.69, 9.17) is 0 Å². The number of hydrogen-bond donors (Lipinski definition) is 4. The fraction of sp³-hybridized carbons (Fsp3) is 0.391. The molecular weight excluding hydrogens is 453 g/mol. The molecule has 0 aromatic heterocycles. The average Bonchev–Trinajstić information content (AvgIpc) is 2.82. The third kappa shape index (κ3) is 7.48. The molecule has 0 radical (unpaired) electrons. The molecule has 1 aliphatic rings. The summed E-state index contributed by atoms with van der Waals surface area (Å²) >= 11 is 1.68. The molecule has 1 fully saturated rings. The number of amides is 2. The van der Waals surface area contributed by atoms with Gasteiger partial charge in [0.25, 0.3) is 5.91 Å². The van der Waals surface area contributed by atoms with Gasteiger partial charge in [0.2, 0.25) is 5.91 Å². The summed E-state index contributed by atoms with van der Waals surface area (Å²) in [6.07, 6.45) is -1.69. The maximum absolute atomic E-state index is 12.8. The molecule has 0 unspecified atom stereocenters. The lowest BCUT2D eigenvalue weighted by Crippen LogP contribution is -2.59. The van der Waals surface area contributed by atoms with Crippen LogP contribution in [0.4, 0.5) is 13.2 Å². The lowest BCUT2D eigenvalue weighted by Gasteiger charge is -2.33. The number of carbonyl (C=O) groups excluding carboxylic acids is 2. The highest BCUT2D eigenvalue weighted by atomic mass is 32.2. The molecule has 178 valence electrons. The van der Waals surface area contributed by atoms with Crippen molar-refractivity contribution >= 4 is 23.6 Å². The van der Waals surface area contributed by atoms with Crippen LogP contribution in [0.2, 0.25) is 0 Å². The largest absolute Gasteiger partial charge is 0.416 e. The zero-order valence-corrected chi connectivity index (χ0v) is 19.0. The monoisotopic (exact) mass is 480 g/mol. The second kappa shape index (κ2) is 11.5. The van der Waals surface area contributed by atoms with Crippen LogP contribution in [-0.2, 0) is 17.5 Å². The van der Waals surface area contributed by atoms with Crippen molar-refractivity contribution in [3.8, 4) is 0 Å². The lowest BCUT2D eigenvalue weighted by atomic mass is 10.00. The lowest BCUT2D eigenvalue weighted by molar-refractivity contribution is -0.137. The number of carbonyl (C=O) groups is 2. The molecule has 2 amide bonds. The van der Waals surface area contributed by atoms with Gasteiger partial charge in [-0.05, 0) is 55.1 Å². The summed E-state index contributed by atoms with van der Waals surface area (Å²) in [5, 5.41) is 12.0. The van der Waals surface area contributed by atoms with Crippen LogP contribution in [0, 0.1) is 0 Å². The van der Waals surface area contributed by atoms with Gasteiger partial charge in [-0.1, -0.05) is 18.2 Å². The van der Waals surface area contributed by atoms with Gasteiger partial charge in [0.15, 0.2) is 0 Å². The van der Waals surface area contributed by atoms with Gasteiger partial charge in [0, 0.05) is 29.6 Å². The Labute approximate surface area is 195 Å². The Bertz CT molecular complexity index is 953. The number of halogens is 3. The Morgan fingerprint density at radius 3 is 2.58 bits per heavy atom. The molecule has 33 heavy (non-hydrogen) atoms. The quantitative estimate of drug-likeness (QED) is 0.437. The zero-order chi connectivity index (χ0) is 23.8. The molecule has 0 bridgehead atoms. The normalized spacial score (nSPS) is 18.5. The maximum Gasteiger partial charge on any atom is 0.416 e. The molecule has 1 aliphatic heterocycles. The molecular formula is C23H27F3N4O2S. The first-order valence-corrected chi connectivity index (χ1v) is 11.8. The number of piperidine rings is 1. The summed E-state index contributed by atoms with van der Waals surface area (Å²) in [5.41, 5.74) is 0.0821. The molecule has 2 aromatic rings. The van der Waals surface area contributed by atoms with Crippen molar-refractivity contribution in [1.29, 1.82) is 0 Å². The standard InChI is InChI=1S/C23H27F3N4O2S/c1-33-18-7-5-15(6-8-18)12-28-19-9-10-27-13-20(19)30-21(31)14-29-22(32)16-3-2-4-17(11-16)23(24,25)26/h2-8,11,19-20,27-28H,9-10,12-14H2,1H3,(H,29,32)(H,30,31)/t19-,20+/m1/s1. The Balaban J connectivity index is 1.50. The van der Waals surface area contributed by atoms with Crippen molar-refractivity contribution in [2.24, 2.45) is 0 Å². The molecule has 0 saturated carbocycles. The number of rotatable bonds is 8. The van der Waals surface area contributed by atoms with Crippen molar-refractivity contribution < 1.29 is 22.8 Å². The Morgan fingerprint density at radius 1 is 1.12 bits per heavy atom. The minimum absolute atomic E-state index is 0.0506. The highest BCUT2D eigenvalue weighted by molar-refractivity contribution is 7.98. The van der Waals surface area contributed by atoms with Crippen LogP contribution >= 0.6 is 11.8 Å². The summed E-state index contributed by atoms with van der Waals surface area (Å²) in [7, 11) is 0. The molecule has 6 nitrogen and oxygen atoms in total. The van der Waals surface area contributed by atoms with Crippen molar-refractivity contribution in [2.45, 2.75) is 36.1 Å². The molecule has 0 spiro atoms. The van der Waals surface area contributed by atoms with Crippen molar-refractivity contribution in [1.82, 2.24) is 21.3 Å². The summed E-state index contributed by atoms with van der Waals surface area (Å²) in [6, 6.07) is 12.2. The van der Waals surface area contributed by atoms with Gasteiger partial charge in [0.05, 0.1) is 18.2 Å². The minimum Gasteiger partial charge on any atom is -0.349 e. The van der Waals surface area contributed by atoms with Gasteiger partial charge >= 0.3 is 6.18 Å². The topological polar surface area (TPSA) is 82.3 Å². The molecule has 1 heterocycles. The van der Waals surface area contributed by atoms with Gasteiger partial charge in [-0.2, -0.15) is 13.2 Å². The molecule has 0 aliphatic carbocycles. The van der Waals surface area contributed by atoms with Crippen LogP contribution in [0.15, 0.2) is 53.4 Å². The SMILES string of the molecule is CSc1ccc(CN[C@@H]2CCNC[C@@H]2NC(=O)CNC(=O)c2cccc(C(F)(F)F)c2)cc1. The van der Waals surface area contributed by atoms with E-state index in [0.29, 0.717) is 13.1 Å². The number of hydrogen-bond acceptors (Lipinski definition) is 5. The van der Waals surface area contributed by atoms with Crippen LogP contribution in [0.1, 0.15) is 27.9 Å². The van der Waals surface area contributed by atoms with Gasteiger partial charge < -0.3 is 21.3 Å². The third-order valence-corrected chi connectivity index (χ3v) is 6.16. The second-order valence-corrected chi connectivity index (χ2v) is 8.64. The highest BCUT2D eigenvalue weighted by Crippen LogP contribution is 2.29. The van der Waals surface area contributed by atoms with Crippen LogP contribution in [0.25, 0.3) is 0 Å². The Kier molecular flexibility index (Phi) is 8.76. The molecule has 4 N–H and O–H groups in total. The van der Waals surface area contributed by atoms with Crippen molar-refractivity contribution in [3.63, 3.8) is 0 Å². The first-order chi connectivity index (χ1) is 15.8. The minimum atomic E-state index is -4.54. The van der Waals surface area contributed by atoms with E-state index in [1.54, 1.807) is 11.8 Å². The van der Waals surface area contributed by atoms with E-state index in [-0.39, 0.29) is 24.2 Å². The van der Waals surface area contributed by atoms with E-state index in [0.717, 1.165) is 36.7 Å². The van der Waals surface area contributed by atoms with Crippen molar-refractivity contribution in [2.75, 3.05) is 25.9 Å². The maximum atomic E-state index is 12.8. The summed E-state index contributed by atoms with van der Waals surface area (Å²) in [5.74, 6) is -1.14. The van der Waals surface area contributed by atoms with E-state index in [9.17, 15) is 22.8 Å².